The Kier molecular flexibility index (Phi) is 15.2. The van der Waals surface area contributed by atoms with Crippen molar-refractivity contribution in [3.05, 3.63) is 0 Å². The van der Waals surface area contributed by atoms with Crippen molar-refractivity contribution in [2.24, 2.45) is 0 Å². The molecule has 0 N–H and O–H groups in total. The molecule has 0 radical (unpaired) electrons. The predicted octanol–water partition coefficient (Wildman–Crippen LogP) is 6.93. The number of hydrogen-bond donors (Lipinski definition) is 0. The van der Waals surface area contributed by atoms with Crippen LogP contribution < -0.4 is 0 Å². The molecular weight excluding hydrogens is 351 g/mol. The molecule has 0 aromatic rings. The molecule has 0 aromatic carbocycles. The van der Waals surface area contributed by atoms with Crippen LogP contribution in [-0.2, 0) is 3.07 Å². The minimum absolute atomic E-state index is 1.07. The van der Waals surface area contributed by atoms with Crippen molar-refractivity contribution in [3.63, 3.8) is 0 Å². The summed E-state index contributed by atoms with van der Waals surface area (Å²) in [7, 11) is 0. The third kappa shape index (κ3) is 10.5. The molecule has 0 aliphatic carbocycles. The quantitative estimate of drug-likeness (QED) is 0.217. The molecule has 0 heterocycles. The molecule has 1 nitrogen and oxygen atoms in total. The van der Waals surface area contributed by atoms with Gasteiger partial charge in [0.15, 0.2) is 0 Å². The molecule has 0 rings (SSSR count). The summed E-state index contributed by atoms with van der Waals surface area (Å²) < 4.78 is 10.9. The summed E-state index contributed by atoms with van der Waals surface area (Å²) in [6.45, 7) is 10.4. The van der Waals surface area contributed by atoms with Crippen LogP contribution >= 0.6 is 0 Å². The van der Waals surface area contributed by atoms with Gasteiger partial charge < -0.3 is 0 Å². The summed E-state index contributed by atoms with van der Waals surface area (Å²) in [4.78, 5) is 0. The zero-order valence-corrected chi connectivity index (χ0v) is 17.7. The van der Waals surface area contributed by atoms with Gasteiger partial charge in [0.2, 0.25) is 0 Å². The van der Waals surface area contributed by atoms with Gasteiger partial charge in [0.05, 0.1) is 0 Å². The second kappa shape index (κ2) is 14.7. The van der Waals surface area contributed by atoms with Crippen molar-refractivity contribution in [2.75, 3.05) is 6.61 Å². The Bertz CT molecular complexity index is 186. The molecule has 0 aliphatic heterocycles. The van der Waals surface area contributed by atoms with E-state index in [0.29, 0.717) is 0 Å². The van der Waals surface area contributed by atoms with E-state index in [0.717, 1.165) is 6.61 Å². The van der Waals surface area contributed by atoms with Crippen LogP contribution in [0.3, 0.4) is 0 Å². The van der Waals surface area contributed by atoms with E-state index in [9.17, 15) is 0 Å². The monoisotopic (exact) mass is 392 g/mol. The van der Waals surface area contributed by atoms with Crippen LogP contribution in [0.25, 0.3) is 0 Å². The first-order chi connectivity index (χ1) is 9.74. The van der Waals surface area contributed by atoms with Crippen LogP contribution in [0, 0.1) is 0 Å². The van der Waals surface area contributed by atoms with E-state index in [-0.39, 0.29) is 0 Å². The molecule has 0 aromatic heterocycles. The maximum absolute atomic E-state index is 6.60. The van der Waals surface area contributed by atoms with Gasteiger partial charge in [-0.15, -0.1) is 0 Å². The van der Waals surface area contributed by atoms with Gasteiger partial charge in [-0.05, 0) is 0 Å². The molecule has 0 aliphatic rings. The van der Waals surface area contributed by atoms with E-state index >= 15 is 0 Å². The third-order valence-electron chi connectivity index (χ3n) is 4.52. The summed E-state index contributed by atoms with van der Waals surface area (Å²) in [6, 6.07) is 0. The van der Waals surface area contributed by atoms with Crippen molar-refractivity contribution in [1.29, 1.82) is 0 Å². The zero-order chi connectivity index (χ0) is 15.1. The van der Waals surface area contributed by atoms with Crippen LogP contribution in [0.15, 0.2) is 0 Å². The van der Waals surface area contributed by atoms with Crippen molar-refractivity contribution in [3.8, 4) is 0 Å². The van der Waals surface area contributed by atoms with E-state index in [1.165, 1.54) is 77.5 Å². The molecule has 0 saturated heterocycles. The average Bonchev–Trinajstić information content (AvgIpc) is 2.48. The van der Waals surface area contributed by atoms with Gasteiger partial charge in [-0.3, -0.25) is 0 Å². The van der Waals surface area contributed by atoms with E-state index in [1.807, 2.05) is 0 Å². The van der Waals surface area contributed by atoms with Crippen LogP contribution in [-0.4, -0.2) is 25.4 Å². The molecule has 0 unspecified atom stereocenters. The summed E-state index contributed by atoms with van der Waals surface area (Å²) in [5, 5.41) is 0. The van der Waals surface area contributed by atoms with Crippen LogP contribution in [0.5, 0.6) is 0 Å². The Hall–Kier alpha value is 0.759. The van der Waals surface area contributed by atoms with E-state index in [2.05, 4.69) is 27.7 Å². The Morgan fingerprint density at radius 3 is 1.60 bits per heavy atom. The van der Waals surface area contributed by atoms with Crippen molar-refractivity contribution < 1.29 is 3.07 Å². The fourth-order valence-corrected chi connectivity index (χ4v) is 14.4. The first-order valence-corrected chi connectivity index (χ1v) is 16.6. The molecule has 0 saturated carbocycles. The maximum atomic E-state index is 6.60. The summed E-state index contributed by atoms with van der Waals surface area (Å²) >= 11 is -2.19. The number of unbranched alkanes of at least 4 members (excludes halogenated alkanes) is 7. The number of rotatable bonds is 15. The fourth-order valence-electron chi connectivity index (χ4n) is 2.89. The second-order valence-corrected chi connectivity index (χ2v) is 18.8. The van der Waals surface area contributed by atoms with Gasteiger partial charge in [0.25, 0.3) is 0 Å². The fraction of sp³-hybridized carbons (Fsp3) is 1.00. The Morgan fingerprint density at radius 2 is 1.10 bits per heavy atom. The number of hydrogen-bond acceptors (Lipinski definition) is 1. The molecule has 0 bridgehead atoms. The molecule has 0 atom stereocenters. The van der Waals surface area contributed by atoms with Gasteiger partial charge in [-0.25, -0.2) is 0 Å². The third-order valence-corrected chi connectivity index (χ3v) is 17.8. The van der Waals surface area contributed by atoms with Crippen LogP contribution in [0.2, 0.25) is 13.3 Å². The van der Waals surface area contributed by atoms with Crippen LogP contribution in [0.1, 0.15) is 91.9 Å². The van der Waals surface area contributed by atoms with Gasteiger partial charge in [-0.2, -0.15) is 0 Å². The van der Waals surface area contributed by atoms with Gasteiger partial charge >= 0.3 is 134 Å². The summed E-state index contributed by atoms with van der Waals surface area (Å²) in [5.74, 6) is 0. The van der Waals surface area contributed by atoms with Gasteiger partial charge in [-0.1, -0.05) is 0 Å². The van der Waals surface area contributed by atoms with E-state index in [4.69, 9.17) is 3.07 Å². The Labute approximate surface area is 133 Å². The SMILES string of the molecule is CCCCCCCC[O][Sn]([CH2]C)([CH2]CCC)[CH2]CCC. The molecule has 20 heavy (non-hydrogen) atoms. The standard InChI is InChI=1S/C8H17O.2C4H9.C2H5.Sn/c1-2-3-4-5-6-7-8-9;2*1-3-4-2;1-2;/h2-8H2,1H3;2*1,3-4H2,2H3;1H2,2H3;/q-1;;;;+1. The Morgan fingerprint density at radius 1 is 0.600 bits per heavy atom. The molecule has 0 spiro atoms. The molecule has 0 amide bonds. The van der Waals surface area contributed by atoms with Gasteiger partial charge in [0, 0.05) is 0 Å². The normalized spacial score (nSPS) is 12.0. The van der Waals surface area contributed by atoms with Crippen molar-refractivity contribution in [1.82, 2.24) is 0 Å². The van der Waals surface area contributed by atoms with Crippen molar-refractivity contribution >= 4 is 18.8 Å². The predicted molar refractivity (Wildman–Crippen MR) is 95.0 cm³/mol. The summed E-state index contributed by atoms with van der Waals surface area (Å²) in [6.07, 6.45) is 13.8. The van der Waals surface area contributed by atoms with Gasteiger partial charge in [0.1, 0.15) is 0 Å². The topological polar surface area (TPSA) is 9.23 Å². The zero-order valence-electron chi connectivity index (χ0n) is 14.8. The summed E-state index contributed by atoms with van der Waals surface area (Å²) in [5.41, 5.74) is 0. The average molecular weight is 391 g/mol. The molecule has 122 valence electrons. The molecule has 0 fully saturated rings. The molecule has 2 heteroatoms. The molecular formula is C18H40OSn. The van der Waals surface area contributed by atoms with E-state index in [1.54, 1.807) is 0 Å². The second-order valence-electron chi connectivity index (χ2n) is 6.36. The van der Waals surface area contributed by atoms with E-state index < -0.39 is 18.8 Å². The first-order valence-electron chi connectivity index (χ1n) is 9.38. The minimum atomic E-state index is -2.19. The Balaban J connectivity index is 3.94. The van der Waals surface area contributed by atoms with Crippen LogP contribution in [0.4, 0.5) is 0 Å². The first kappa shape index (κ1) is 20.8. The van der Waals surface area contributed by atoms with Crippen molar-refractivity contribution in [2.45, 2.75) is 105 Å².